The molecule has 8 nitrogen and oxygen atoms in total. The summed E-state index contributed by atoms with van der Waals surface area (Å²) in [5.41, 5.74) is 0.699. The van der Waals surface area contributed by atoms with E-state index >= 15 is 0 Å². The lowest BCUT2D eigenvalue weighted by Gasteiger charge is -2.22. The second kappa shape index (κ2) is 4.63. The number of nitrogens with one attached hydrogen (secondary N) is 1. The second-order valence-corrected chi connectivity index (χ2v) is 4.31. The van der Waals surface area contributed by atoms with Crippen LogP contribution in [0.4, 0.5) is 0 Å². The van der Waals surface area contributed by atoms with Gasteiger partial charge in [-0.25, -0.2) is 4.99 Å². The fourth-order valence-electron chi connectivity index (χ4n) is 2.38. The molecule has 8 heteroatoms. The molecule has 0 aliphatic carbocycles. The lowest BCUT2D eigenvalue weighted by Crippen LogP contribution is -2.39. The predicted molar refractivity (Wildman–Crippen MR) is 67.1 cm³/mol. The van der Waals surface area contributed by atoms with Gasteiger partial charge < -0.3 is 4.98 Å². The van der Waals surface area contributed by atoms with Gasteiger partial charge in [0.05, 0.1) is 10.6 Å². The van der Waals surface area contributed by atoms with Gasteiger partial charge in [0.25, 0.3) is 11.7 Å². The van der Waals surface area contributed by atoms with Crippen LogP contribution in [0.3, 0.4) is 0 Å². The standard InChI is InChI=1S/C11H12N4O4/c1-6-10(14(16)17)9(8-4-3-5-12-8)11(15(18)19)7(2)13-6/h3-5,9-10,12H,1-2H3. The van der Waals surface area contributed by atoms with Gasteiger partial charge in [-0.05, 0) is 26.0 Å². The molecule has 0 spiro atoms. The molecular formula is C11H12N4O4. The Labute approximate surface area is 108 Å². The number of hydrogen-bond donors (Lipinski definition) is 1. The molecule has 1 aliphatic heterocycles. The zero-order chi connectivity index (χ0) is 14.2. The molecule has 1 aromatic rings. The number of aliphatic imine (C=N–C) groups is 1. The highest BCUT2D eigenvalue weighted by molar-refractivity contribution is 5.89. The predicted octanol–water partition coefficient (Wildman–Crippen LogP) is 1.73. The maximum absolute atomic E-state index is 11.2. The summed E-state index contributed by atoms with van der Waals surface area (Å²) in [7, 11) is 0. The summed E-state index contributed by atoms with van der Waals surface area (Å²) in [6.07, 6.45) is 1.58. The molecule has 19 heavy (non-hydrogen) atoms. The smallest absolute Gasteiger partial charge is 0.283 e. The number of H-pyrrole nitrogens is 1. The molecule has 1 N–H and O–H groups in total. The summed E-state index contributed by atoms with van der Waals surface area (Å²) >= 11 is 0. The van der Waals surface area contributed by atoms with Crippen LogP contribution >= 0.6 is 0 Å². The van der Waals surface area contributed by atoms with Gasteiger partial charge in [0, 0.05) is 16.8 Å². The van der Waals surface area contributed by atoms with E-state index in [4.69, 9.17) is 0 Å². The van der Waals surface area contributed by atoms with Crippen LogP contribution in [0.15, 0.2) is 34.7 Å². The zero-order valence-electron chi connectivity index (χ0n) is 10.4. The minimum Gasteiger partial charge on any atom is -0.364 e. The molecule has 0 aromatic carbocycles. The molecular weight excluding hydrogens is 252 g/mol. The number of aromatic nitrogens is 1. The maximum atomic E-state index is 11.2. The van der Waals surface area contributed by atoms with E-state index in [2.05, 4.69) is 9.98 Å². The lowest BCUT2D eigenvalue weighted by molar-refractivity contribution is -0.516. The third-order valence-corrected chi connectivity index (χ3v) is 3.13. The number of nitro groups is 2. The topological polar surface area (TPSA) is 114 Å². The summed E-state index contributed by atoms with van der Waals surface area (Å²) in [5, 5.41) is 22.4. The Hall–Kier alpha value is -2.51. The van der Waals surface area contributed by atoms with Crippen molar-refractivity contribution in [2.75, 3.05) is 0 Å². The Balaban J connectivity index is 2.63. The van der Waals surface area contributed by atoms with E-state index < -0.39 is 21.8 Å². The SMILES string of the molecule is CC1=NC(C)=C([N+](=O)[O-])C(c2ccc[nH]2)C1[N+](=O)[O-]. The highest BCUT2D eigenvalue weighted by Gasteiger charge is 2.48. The number of aromatic amines is 1. The molecule has 2 heterocycles. The highest BCUT2D eigenvalue weighted by Crippen LogP contribution is 2.35. The Morgan fingerprint density at radius 1 is 1.32 bits per heavy atom. The maximum Gasteiger partial charge on any atom is 0.283 e. The van der Waals surface area contributed by atoms with Crippen molar-refractivity contribution in [1.82, 2.24) is 4.98 Å². The van der Waals surface area contributed by atoms with Gasteiger partial charge in [-0.1, -0.05) is 0 Å². The quantitative estimate of drug-likeness (QED) is 0.661. The van der Waals surface area contributed by atoms with Crippen LogP contribution in [0.2, 0.25) is 0 Å². The third kappa shape index (κ3) is 2.12. The molecule has 2 atom stereocenters. The van der Waals surface area contributed by atoms with Gasteiger partial charge >= 0.3 is 0 Å². The van der Waals surface area contributed by atoms with Crippen molar-refractivity contribution in [2.45, 2.75) is 25.8 Å². The number of hydrogen-bond acceptors (Lipinski definition) is 5. The first-order valence-corrected chi connectivity index (χ1v) is 5.60. The fourth-order valence-corrected chi connectivity index (χ4v) is 2.38. The number of nitrogens with zero attached hydrogens (tertiary/aromatic N) is 3. The molecule has 0 saturated heterocycles. The van der Waals surface area contributed by atoms with Crippen LogP contribution < -0.4 is 0 Å². The van der Waals surface area contributed by atoms with Crippen molar-refractivity contribution >= 4 is 5.71 Å². The van der Waals surface area contributed by atoms with Crippen molar-refractivity contribution in [3.63, 3.8) is 0 Å². The van der Waals surface area contributed by atoms with E-state index in [9.17, 15) is 20.2 Å². The monoisotopic (exact) mass is 264 g/mol. The van der Waals surface area contributed by atoms with E-state index in [1.54, 1.807) is 18.3 Å². The van der Waals surface area contributed by atoms with Gasteiger partial charge in [0.2, 0.25) is 0 Å². The number of allylic oxidation sites excluding steroid dienone is 1. The Bertz CT molecular complexity index is 588. The third-order valence-electron chi connectivity index (χ3n) is 3.13. The first kappa shape index (κ1) is 12.9. The average Bonchev–Trinajstić information content (AvgIpc) is 2.79. The van der Waals surface area contributed by atoms with E-state index in [1.165, 1.54) is 13.8 Å². The molecule has 1 aliphatic rings. The summed E-state index contributed by atoms with van der Waals surface area (Å²) in [4.78, 5) is 28.0. The summed E-state index contributed by atoms with van der Waals surface area (Å²) in [5.74, 6) is -0.947. The second-order valence-electron chi connectivity index (χ2n) is 4.31. The summed E-state index contributed by atoms with van der Waals surface area (Å²) in [6, 6.07) is 2.04. The molecule has 0 saturated carbocycles. The minimum atomic E-state index is -1.22. The Kier molecular flexibility index (Phi) is 3.16. The van der Waals surface area contributed by atoms with Crippen molar-refractivity contribution in [1.29, 1.82) is 0 Å². The largest absolute Gasteiger partial charge is 0.364 e. The van der Waals surface area contributed by atoms with Crippen molar-refractivity contribution in [2.24, 2.45) is 4.99 Å². The molecule has 100 valence electrons. The molecule has 2 rings (SSSR count). The average molecular weight is 264 g/mol. The van der Waals surface area contributed by atoms with Crippen molar-refractivity contribution < 1.29 is 9.85 Å². The minimum absolute atomic E-state index is 0.209. The van der Waals surface area contributed by atoms with Gasteiger partial charge in [0.15, 0.2) is 5.92 Å². The molecule has 0 amide bonds. The molecule has 0 radical (unpaired) electrons. The van der Waals surface area contributed by atoms with Crippen LogP contribution in [0.1, 0.15) is 25.5 Å². The van der Waals surface area contributed by atoms with Crippen LogP contribution in [0.5, 0.6) is 0 Å². The van der Waals surface area contributed by atoms with Gasteiger partial charge in [0.1, 0.15) is 5.70 Å². The first-order chi connectivity index (χ1) is 8.93. The van der Waals surface area contributed by atoms with Crippen LogP contribution in [0.25, 0.3) is 0 Å². The molecule has 0 fully saturated rings. The first-order valence-electron chi connectivity index (χ1n) is 5.60. The lowest BCUT2D eigenvalue weighted by atomic mass is 9.87. The van der Waals surface area contributed by atoms with E-state index in [0.29, 0.717) is 5.69 Å². The Morgan fingerprint density at radius 2 is 2.00 bits per heavy atom. The molecule has 2 unspecified atom stereocenters. The zero-order valence-corrected chi connectivity index (χ0v) is 10.4. The molecule has 1 aromatic heterocycles. The number of rotatable bonds is 3. The van der Waals surface area contributed by atoms with Crippen LogP contribution in [-0.2, 0) is 0 Å². The fraction of sp³-hybridized carbons (Fsp3) is 0.364. The van der Waals surface area contributed by atoms with Crippen molar-refractivity contribution in [3.8, 4) is 0 Å². The molecule has 0 bridgehead atoms. The van der Waals surface area contributed by atoms with Gasteiger partial charge in [-0.3, -0.25) is 20.2 Å². The van der Waals surface area contributed by atoms with E-state index in [0.717, 1.165) is 0 Å². The summed E-state index contributed by atoms with van der Waals surface area (Å²) in [6.45, 7) is 3.01. The summed E-state index contributed by atoms with van der Waals surface area (Å²) < 4.78 is 0. The van der Waals surface area contributed by atoms with E-state index in [1.807, 2.05) is 0 Å². The van der Waals surface area contributed by atoms with Crippen LogP contribution in [-0.4, -0.2) is 26.6 Å². The van der Waals surface area contributed by atoms with Crippen molar-refractivity contribution in [3.05, 3.63) is 55.6 Å². The normalized spacial score (nSPS) is 23.2. The van der Waals surface area contributed by atoms with Gasteiger partial charge in [-0.2, -0.15) is 0 Å². The highest BCUT2D eigenvalue weighted by atomic mass is 16.6. The Morgan fingerprint density at radius 3 is 2.47 bits per heavy atom. The van der Waals surface area contributed by atoms with Crippen LogP contribution in [0, 0.1) is 20.2 Å². The van der Waals surface area contributed by atoms with E-state index in [-0.39, 0.29) is 17.1 Å². The van der Waals surface area contributed by atoms with Gasteiger partial charge in [-0.15, -0.1) is 0 Å².